The van der Waals surface area contributed by atoms with Gasteiger partial charge in [0.05, 0.1) is 6.54 Å². The third-order valence-electron chi connectivity index (χ3n) is 7.62. The van der Waals surface area contributed by atoms with E-state index < -0.39 is 17.2 Å². The first-order valence-corrected chi connectivity index (χ1v) is 12.8. The maximum absolute atomic E-state index is 13.9. The highest BCUT2D eigenvalue weighted by molar-refractivity contribution is 6.33. The lowest BCUT2D eigenvalue weighted by Crippen LogP contribution is -2.46. The first-order valence-electron chi connectivity index (χ1n) is 12.5. The Morgan fingerprint density at radius 3 is 2.42 bits per heavy atom. The van der Waals surface area contributed by atoms with Crippen LogP contribution >= 0.6 is 11.6 Å². The molecule has 7 heteroatoms. The van der Waals surface area contributed by atoms with E-state index in [9.17, 15) is 13.6 Å². The second kappa shape index (κ2) is 9.16. The van der Waals surface area contributed by atoms with Crippen molar-refractivity contribution in [3.05, 3.63) is 88.4 Å². The zero-order valence-electron chi connectivity index (χ0n) is 19.9. The number of hydrogen-bond donors (Lipinski definition) is 0. The first-order chi connectivity index (χ1) is 17.4. The Kier molecular flexibility index (Phi) is 5.97. The molecule has 36 heavy (non-hydrogen) atoms. The minimum atomic E-state index is -0.866. The Morgan fingerprint density at radius 1 is 0.972 bits per heavy atom. The molecule has 0 radical (unpaired) electrons. The zero-order chi connectivity index (χ0) is 24.9. The lowest BCUT2D eigenvalue weighted by atomic mass is 9.90. The van der Waals surface area contributed by atoms with Crippen molar-refractivity contribution < 1.29 is 18.3 Å². The predicted molar refractivity (Wildman–Crippen MR) is 136 cm³/mol. The van der Waals surface area contributed by atoms with Gasteiger partial charge in [0.1, 0.15) is 5.60 Å². The van der Waals surface area contributed by atoms with E-state index in [1.165, 1.54) is 6.07 Å². The van der Waals surface area contributed by atoms with Gasteiger partial charge in [0, 0.05) is 48.7 Å². The normalized spacial score (nSPS) is 19.6. The van der Waals surface area contributed by atoms with E-state index in [1.54, 1.807) is 11.0 Å². The Morgan fingerprint density at radius 2 is 1.72 bits per heavy atom. The number of rotatable bonds is 5. The number of carbonyl (C=O) groups is 1. The number of hydrogen-bond acceptors (Lipinski definition) is 3. The SMILES string of the molecule is O=C1OC2(CCN(Cc3cc(Cl)c(-c4ccc(F)c(F)c4)c(C4CC4)c3)CC2)CN1c1ccccc1. The van der Waals surface area contributed by atoms with Crippen molar-refractivity contribution >= 4 is 23.4 Å². The molecule has 1 amide bonds. The largest absolute Gasteiger partial charge is 0.441 e. The lowest BCUT2D eigenvalue weighted by molar-refractivity contribution is -0.000975. The van der Waals surface area contributed by atoms with Crippen LogP contribution in [0.5, 0.6) is 0 Å². The molecule has 0 unspecified atom stereocenters. The van der Waals surface area contributed by atoms with Crippen LogP contribution in [0.3, 0.4) is 0 Å². The van der Waals surface area contributed by atoms with Crippen molar-refractivity contribution in [2.75, 3.05) is 24.5 Å². The summed E-state index contributed by atoms with van der Waals surface area (Å²) in [7, 11) is 0. The third-order valence-corrected chi connectivity index (χ3v) is 7.92. The number of amides is 1. The molecule has 4 nitrogen and oxygen atoms in total. The third kappa shape index (κ3) is 4.48. The molecular formula is C29H27ClF2N2O2. The van der Waals surface area contributed by atoms with Crippen LogP contribution in [0, 0.1) is 11.6 Å². The highest BCUT2D eigenvalue weighted by Crippen LogP contribution is 2.47. The van der Waals surface area contributed by atoms with Crippen LogP contribution in [0.4, 0.5) is 19.3 Å². The second-order valence-electron chi connectivity index (χ2n) is 10.2. The number of para-hydroxylation sites is 1. The van der Waals surface area contributed by atoms with E-state index in [0.717, 1.165) is 73.8 Å². The van der Waals surface area contributed by atoms with E-state index in [1.807, 2.05) is 36.4 Å². The lowest BCUT2D eigenvalue weighted by Gasteiger charge is -2.37. The standard InChI is InChI=1S/C29H27ClF2N2O2/c30-24-15-19(14-23(20-6-7-20)27(24)21-8-9-25(31)26(32)16-21)17-33-12-10-29(11-13-33)18-34(28(35)36-29)22-4-2-1-3-5-22/h1-5,8-9,14-16,20H,6-7,10-13,17-18H2. The molecule has 1 spiro atoms. The van der Waals surface area contributed by atoms with Gasteiger partial charge in [-0.1, -0.05) is 41.9 Å². The molecule has 2 heterocycles. The molecule has 3 fully saturated rings. The summed E-state index contributed by atoms with van der Waals surface area (Å²) in [5.41, 5.74) is 4.05. The Hall–Kier alpha value is -2.96. The van der Waals surface area contributed by atoms with Crippen LogP contribution in [-0.2, 0) is 11.3 Å². The van der Waals surface area contributed by atoms with Gasteiger partial charge in [-0.25, -0.2) is 13.6 Å². The number of ether oxygens (including phenoxy) is 1. The Labute approximate surface area is 214 Å². The molecule has 0 aromatic heterocycles. The van der Waals surface area contributed by atoms with Gasteiger partial charge in [-0.15, -0.1) is 0 Å². The summed E-state index contributed by atoms with van der Waals surface area (Å²) in [4.78, 5) is 16.7. The molecule has 3 aromatic carbocycles. The van der Waals surface area contributed by atoms with E-state index in [0.29, 0.717) is 23.0 Å². The quantitative estimate of drug-likeness (QED) is 0.367. The van der Waals surface area contributed by atoms with Gasteiger partial charge >= 0.3 is 6.09 Å². The average Bonchev–Trinajstić information content (AvgIpc) is 3.67. The van der Waals surface area contributed by atoms with Crippen LogP contribution in [0.1, 0.15) is 42.7 Å². The maximum Gasteiger partial charge on any atom is 0.415 e. The smallest absolute Gasteiger partial charge is 0.415 e. The monoisotopic (exact) mass is 508 g/mol. The van der Waals surface area contributed by atoms with E-state index in [4.69, 9.17) is 16.3 Å². The maximum atomic E-state index is 13.9. The van der Waals surface area contributed by atoms with Crippen molar-refractivity contribution in [2.45, 2.75) is 43.7 Å². The van der Waals surface area contributed by atoms with Gasteiger partial charge in [0.2, 0.25) is 0 Å². The minimum absolute atomic E-state index is 0.275. The van der Waals surface area contributed by atoms with Crippen molar-refractivity contribution in [1.82, 2.24) is 4.90 Å². The molecule has 0 N–H and O–H groups in total. The van der Waals surface area contributed by atoms with Crippen LogP contribution < -0.4 is 4.90 Å². The van der Waals surface area contributed by atoms with Gasteiger partial charge in [0.15, 0.2) is 11.6 Å². The fraction of sp³-hybridized carbons (Fsp3) is 0.345. The zero-order valence-corrected chi connectivity index (χ0v) is 20.6. The van der Waals surface area contributed by atoms with Crippen LogP contribution in [0.15, 0.2) is 60.7 Å². The molecule has 2 aliphatic heterocycles. The number of carbonyl (C=O) groups excluding carboxylic acids is 1. The van der Waals surface area contributed by atoms with Crippen molar-refractivity contribution in [1.29, 1.82) is 0 Å². The Balaban J connectivity index is 1.17. The van der Waals surface area contributed by atoms with E-state index >= 15 is 0 Å². The van der Waals surface area contributed by atoms with E-state index in [2.05, 4.69) is 11.0 Å². The summed E-state index contributed by atoms with van der Waals surface area (Å²) in [5, 5.41) is 0.567. The van der Waals surface area contributed by atoms with Crippen molar-refractivity contribution in [3.8, 4) is 11.1 Å². The molecule has 1 saturated carbocycles. The van der Waals surface area contributed by atoms with Crippen molar-refractivity contribution in [3.63, 3.8) is 0 Å². The molecule has 3 aliphatic rings. The summed E-state index contributed by atoms with van der Waals surface area (Å²) >= 11 is 6.74. The summed E-state index contributed by atoms with van der Waals surface area (Å²) in [6.07, 6.45) is 3.43. The number of likely N-dealkylation sites (tertiary alicyclic amines) is 1. The molecule has 0 atom stereocenters. The van der Waals surface area contributed by atoms with Gasteiger partial charge in [-0.2, -0.15) is 0 Å². The topological polar surface area (TPSA) is 32.8 Å². The second-order valence-corrected chi connectivity index (χ2v) is 10.6. The number of nitrogens with zero attached hydrogens (tertiary/aromatic N) is 2. The summed E-state index contributed by atoms with van der Waals surface area (Å²) < 4.78 is 33.3. The molecule has 0 bridgehead atoms. The molecule has 6 rings (SSSR count). The Bertz CT molecular complexity index is 1300. The average molecular weight is 509 g/mol. The van der Waals surface area contributed by atoms with Crippen LogP contribution in [0.2, 0.25) is 5.02 Å². The van der Waals surface area contributed by atoms with Gasteiger partial charge in [-0.3, -0.25) is 9.80 Å². The number of benzene rings is 3. The predicted octanol–water partition coefficient (Wildman–Crippen LogP) is 7.15. The highest BCUT2D eigenvalue weighted by Gasteiger charge is 2.47. The van der Waals surface area contributed by atoms with E-state index in [-0.39, 0.29) is 6.09 Å². The fourth-order valence-corrected chi connectivity index (χ4v) is 5.88. The molecule has 1 aliphatic carbocycles. The number of piperidine rings is 1. The van der Waals surface area contributed by atoms with Gasteiger partial charge in [0.25, 0.3) is 0 Å². The minimum Gasteiger partial charge on any atom is -0.441 e. The van der Waals surface area contributed by atoms with Crippen molar-refractivity contribution in [2.24, 2.45) is 0 Å². The number of anilines is 1. The molecule has 186 valence electrons. The molecule has 2 saturated heterocycles. The van der Waals surface area contributed by atoms with Crippen LogP contribution in [-0.4, -0.2) is 36.2 Å². The van der Waals surface area contributed by atoms with Gasteiger partial charge < -0.3 is 4.74 Å². The molecule has 3 aromatic rings. The highest BCUT2D eigenvalue weighted by atomic mass is 35.5. The fourth-order valence-electron chi connectivity index (χ4n) is 5.52. The summed E-state index contributed by atoms with van der Waals surface area (Å²) in [6, 6.07) is 17.8. The summed E-state index contributed by atoms with van der Waals surface area (Å²) in [5.74, 6) is -1.32. The summed E-state index contributed by atoms with van der Waals surface area (Å²) in [6.45, 7) is 2.95. The van der Waals surface area contributed by atoms with Crippen LogP contribution in [0.25, 0.3) is 11.1 Å². The van der Waals surface area contributed by atoms with Gasteiger partial charge in [-0.05, 0) is 65.8 Å². The first kappa shape index (κ1) is 23.4. The number of halogens is 3. The molecular weight excluding hydrogens is 482 g/mol.